The van der Waals surface area contributed by atoms with E-state index in [9.17, 15) is 4.79 Å². The van der Waals surface area contributed by atoms with Gasteiger partial charge in [0.25, 0.3) is 0 Å². The predicted octanol–water partition coefficient (Wildman–Crippen LogP) is 0.516. The average molecular weight is 239 g/mol. The molecule has 0 aliphatic carbocycles. The molecule has 1 amide bonds. The highest BCUT2D eigenvalue weighted by atomic mass is 16.5. The number of ether oxygens (including phenoxy) is 1. The van der Waals surface area contributed by atoms with Gasteiger partial charge in [0.2, 0.25) is 5.91 Å². The third-order valence-corrected chi connectivity index (χ3v) is 2.96. The van der Waals surface area contributed by atoms with Crippen LogP contribution in [0.5, 0.6) is 0 Å². The quantitative estimate of drug-likeness (QED) is 0.759. The molecule has 0 aromatic rings. The van der Waals surface area contributed by atoms with Crippen LogP contribution in [0.1, 0.15) is 26.7 Å². The van der Waals surface area contributed by atoms with Crippen molar-refractivity contribution in [3.63, 3.8) is 0 Å². The fourth-order valence-electron chi connectivity index (χ4n) is 1.98. The van der Waals surface area contributed by atoms with E-state index in [0.717, 1.165) is 12.8 Å². The molecular weight excluding hydrogens is 218 g/mol. The van der Waals surface area contributed by atoms with Crippen LogP contribution in [0.3, 0.4) is 0 Å². The highest BCUT2D eigenvalue weighted by molar-refractivity contribution is 5.82. The van der Waals surface area contributed by atoms with E-state index in [-0.39, 0.29) is 18.0 Å². The van der Waals surface area contributed by atoms with Gasteiger partial charge in [0.15, 0.2) is 0 Å². The van der Waals surface area contributed by atoms with Gasteiger partial charge in [-0.1, -0.05) is 13.8 Å². The van der Waals surface area contributed by atoms with E-state index in [4.69, 9.17) is 10.00 Å². The standard InChI is InChI=1S/C12H21N3O2/c1-3-5-14-12(16)11-9-17-7-6-15(11)10(4-2)8-13/h10-11H,3-7,9H2,1-2H3,(H,14,16). The number of nitrogens with zero attached hydrogens (tertiary/aromatic N) is 2. The highest BCUT2D eigenvalue weighted by Crippen LogP contribution is 2.13. The Morgan fingerprint density at radius 2 is 2.41 bits per heavy atom. The number of hydrogen-bond donors (Lipinski definition) is 1. The summed E-state index contributed by atoms with van der Waals surface area (Å²) in [6, 6.07) is 1.74. The smallest absolute Gasteiger partial charge is 0.239 e. The molecule has 96 valence electrons. The molecule has 2 atom stereocenters. The second kappa shape index (κ2) is 7.25. The molecule has 0 radical (unpaired) electrons. The fraction of sp³-hybridized carbons (Fsp3) is 0.833. The molecule has 5 heteroatoms. The number of nitriles is 1. The van der Waals surface area contributed by atoms with Gasteiger partial charge in [-0.3, -0.25) is 9.69 Å². The van der Waals surface area contributed by atoms with Crippen LogP contribution in [0.2, 0.25) is 0 Å². The molecule has 1 aliphatic rings. The van der Waals surface area contributed by atoms with E-state index in [1.54, 1.807) is 0 Å². The van der Waals surface area contributed by atoms with Crippen molar-refractivity contribution in [2.45, 2.75) is 38.8 Å². The number of morpholine rings is 1. The summed E-state index contributed by atoms with van der Waals surface area (Å²) >= 11 is 0. The highest BCUT2D eigenvalue weighted by Gasteiger charge is 2.33. The Kier molecular flexibility index (Phi) is 5.95. The lowest BCUT2D eigenvalue weighted by molar-refractivity contribution is -0.133. The third kappa shape index (κ3) is 3.69. The van der Waals surface area contributed by atoms with Crippen LogP contribution in [0, 0.1) is 11.3 Å². The topological polar surface area (TPSA) is 65.4 Å². The number of carbonyl (C=O) groups is 1. The van der Waals surface area contributed by atoms with Gasteiger partial charge in [-0.2, -0.15) is 5.26 Å². The summed E-state index contributed by atoms with van der Waals surface area (Å²) in [4.78, 5) is 13.9. The molecule has 1 heterocycles. The molecule has 0 saturated carbocycles. The number of hydrogen-bond acceptors (Lipinski definition) is 4. The first-order valence-corrected chi connectivity index (χ1v) is 6.25. The lowest BCUT2D eigenvalue weighted by Gasteiger charge is -2.36. The monoisotopic (exact) mass is 239 g/mol. The van der Waals surface area contributed by atoms with Gasteiger partial charge in [0.1, 0.15) is 6.04 Å². The SMILES string of the molecule is CCCNC(=O)C1COCCN1C(C#N)CC. The van der Waals surface area contributed by atoms with E-state index in [2.05, 4.69) is 11.4 Å². The van der Waals surface area contributed by atoms with Crippen molar-refractivity contribution in [1.29, 1.82) is 5.26 Å². The van der Waals surface area contributed by atoms with E-state index in [0.29, 0.717) is 26.3 Å². The maximum Gasteiger partial charge on any atom is 0.239 e. The Labute approximate surface area is 103 Å². The van der Waals surface area contributed by atoms with Crippen molar-refractivity contribution < 1.29 is 9.53 Å². The van der Waals surface area contributed by atoms with Crippen LogP contribution in [0.4, 0.5) is 0 Å². The van der Waals surface area contributed by atoms with Crippen LogP contribution >= 0.6 is 0 Å². The van der Waals surface area contributed by atoms with Crippen molar-refractivity contribution in [3.05, 3.63) is 0 Å². The largest absolute Gasteiger partial charge is 0.378 e. The zero-order valence-electron chi connectivity index (χ0n) is 10.6. The molecule has 5 nitrogen and oxygen atoms in total. The number of rotatable bonds is 5. The van der Waals surface area contributed by atoms with E-state index in [1.165, 1.54) is 0 Å². The number of amides is 1. The molecule has 17 heavy (non-hydrogen) atoms. The van der Waals surface area contributed by atoms with Crippen LogP contribution in [0.15, 0.2) is 0 Å². The molecule has 2 unspecified atom stereocenters. The van der Waals surface area contributed by atoms with Crippen LogP contribution in [-0.2, 0) is 9.53 Å². The van der Waals surface area contributed by atoms with Crippen molar-refractivity contribution in [1.82, 2.24) is 10.2 Å². The Bertz CT molecular complexity index is 288. The third-order valence-electron chi connectivity index (χ3n) is 2.96. The summed E-state index contributed by atoms with van der Waals surface area (Å²) < 4.78 is 5.34. The molecular formula is C12H21N3O2. The van der Waals surface area contributed by atoms with Gasteiger partial charge >= 0.3 is 0 Å². The van der Waals surface area contributed by atoms with Crippen LogP contribution < -0.4 is 5.32 Å². The minimum absolute atomic E-state index is 0.0275. The summed E-state index contributed by atoms with van der Waals surface area (Å²) in [7, 11) is 0. The minimum Gasteiger partial charge on any atom is -0.378 e. The second-order valence-corrected chi connectivity index (χ2v) is 4.17. The van der Waals surface area contributed by atoms with E-state index >= 15 is 0 Å². The minimum atomic E-state index is -0.320. The zero-order chi connectivity index (χ0) is 12.7. The fourth-order valence-corrected chi connectivity index (χ4v) is 1.98. The molecule has 1 aliphatic heterocycles. The Hall–Kier alpha value is -1.12. The predicted molar refractivity (Wildman–Crippen MR) is 64.3 cm³/mol. The first kappa shape index (κ1) is 13.9. The van der Waals surface area contributed by atoms with Gasteiger partial charge in [0.05, 0.1) is 25.3 Å². The summed E-state index contributed by atoms with van der Waals surface area (Å²) in [5.41, 5.74) is 0. The van der Waals surface area contributed by atoms with E-state index in [1.807, 2.05) is 18.7 Å². The van der Waals surface area contributed by atoms with Crippen molar-refractivity contribution in [2.24, 2.45) is 0 Å². The normalized spacial score (nSPS) is 22.8. The van der Waals surface area contributed by atoms with Crippen molar-refractivity contribution in [2.75, 3.05) is 26.3 Å². The molecule has 1 saturated heterocycles. The molecule has 1 N–H and O–H groups in total. The van der Waals surface area contributed by atoms with Gasteiger partial charge < -0.3 is 10.1 Å². The molecule has 0 aromatic carbocycles. The molecule has 1 rings (SSSR count). The Morgan fingerprint density at radius 3 is 3.00 bits per heavy atom. The van der Waals surface area contributed by atoms with E-state index < -0.39 is 0 Å². The van der Waals surface area contributed by atoms with Crippen LogP contribution in [-0.4, -0.2) is 49.2 Å². The Morgan fingerprint density at radius 1 is 1.65 bits per heavy atom. The molecule has 0 spiro atoms. The lowest BCUT2D eigenvalue weighted by atomic mass is 10.1. The van der Waals surface area contributed by atoms with Gasteiger partial charge in [-0.05, 0) is 12.8 Å². The molecule has 0 bridgehead atoms. The number of carbonyl (C=O) groups excluding carboxylic acids is 1. The maximum absolute atomic E-state index is 12.0. The van der Waals surface area contributed by atoms with Gasteiger partial charge in [0, 0.05) is 13.1 Å². The van der Waals surface area contributed by atoms with Gasteiger partial charge in [-0.25, -0.2) is 0 Å². The van der Waals surface area contributed by atoms with Crippen molar-refractivity contribution in [3.8, 4) is 6.07 Å². The number of nitrogens with one attached hydrogen (secondary N) is 1. The second-order valence-electron chi connectivity index (χ2n) is 4.17. The first-order valence-electron chi connectivity index (χ1n) is 6.25. The van der Waals surface area contributed by atoms with Crippen LogP contribution in [0.25, 0.3) is 0 Å². The zero-order valence-corrected chi connectivity index (χ0v) is 10.6. The summed E-state index contributed by atoms with van der Waals surface area (Å²) in [5.74, 6) is -0.0275. The summed E-state index contributed by atoms with van der Waals surface area (Å²) in [6.07, 6.45) is 1.64. The lowest BCUT2D eigenvalue weighted by Crippen LogP contribution is -2.56. The van der Waals surface area contributed by atoms with Gasteiger partial charge in [-0.15, -0.1) is 0 Å². The van der Waals surface area contributed by atoms with Crippen molar-refractivity contribution >= 4 is 5.91 Å². The maximum atomic E-state index is 12.0. The summed E-state index contributed by atoms with van der Waals surface area (Å²) in [6.45, 7) is 6.27. The average Bonchev–Trinajstić information content (AvgIpc) is 2.38. The first-order chi connectivity index (χ1) is 8.24. The molecule has 1 fully saturated rings. The Balaban J connectivity index is 2.65. The summed E-state index contributed by atoms with van der Waals surface area (Å²) in [5, 5.41) is 12.0. The molecule has 0 aromatic heterocycles.